The molecule has 0 aliphatic carbocycles. The average molecular weight is 403 g/mol. The van der Waals surface area contributed by atoms with E-state index >= 15 is 0 Å². The molecule has 4 nitrogen and oxygen atoms in total. The van der Waals surface area contributed by atoms with Crippen LogP contribution in [0.3, 0.4) is 0 Å². The molecule has 2 aromatic carbocycles. The van der Waals surface area contributed by atoms with Gasteiger partial charge in [-0.3, -0.25) is 0 Å². The lowest BCUT2D eigenvalue weighted by Crippen LogP contribution is -2.12. The summed E-state index contributed by atoms with van der Waals surface area (Å²) in [6.07, 6.45) is -4.50. The maximum Gasteiger partial charge on any atom is 0.418 e. The lowest BCUT2D eigenvalue weighted by molar-refractivity contribution is -0.137. The van der Waals surface area contributed by atoms with E-state index in [4.69, 9.17) is 10.8 Å². The number of aromatic nitrogens is 1. The Kier molecular flexibility index (Phi) is 6.87. The van der Waals surface area contributed by atoms with E-state index in [0.717, 1.165) is 11.6 Å². The summed E-state index contributed by atoms with van der Waals surface area (Å²) >= 11 is 0. The highest BCUT2D eigenvalue weighted by Gasteiger charge is 2.34. The number of aryl methyl sites for hydroxylation is 2. The molecule has 0 radical (unpaired) electrons. The van der Waals surface area contributed by atoms with Crippen molar-refractivity contribution in [2.75, 3.05) is 0 Å². The molecular weight excluding hydrogens is 381 g/mol. The van der Waals surface area contributed by atoms with Gasteiger partial charge in [0.1, 0.15) is 0 Å². The van der Waals surface area contributed by atoms with Gasteiger partial charge in [0.25, 0.3) is 0 Å². The summed E-state index contributed by atoms with van der Waals surface area (Å²) in [5.41, 5.74) is 9.22. The number of hydrogen-bond donors (Lipinski definition) is 1. The molecule has 1 aromatic heterocycles. The van der Waals surface area contributed by atoms with Crippen LogP contribution in [0.4, 0.5) is 13.2 Å². The van der Waals surface area contributed by atoms with Gasteiger partial charge >= 0.3 is 12.1 Å². The smallest absolute Gasteiger partial charge is 0.418 e. The number of nitrogens with one attached hydrogen (secondary N) is 1. The van der Waals surface area contributed by atoms with Crippen molar-refractivity contribution in [3.05, 3.63) is 94.0 Å². The standard InChI is InChI=1S/C14H12F3NO2.C8H10N/c1-8-7-10(13(19)20)9(2)18(8)12-6-4-3-5-11(12)14(15,16)17;1-7-3-2-4-8(5-7)6-9/h3-7H,1-2H3,(H,19,20);2-5,9H,6H2,1H3/q;-1. The van der Waals surface area contributed by atoms with Crippen molar-refractivity contribution in [3.8, 4) is 5.69 Å². The zero-order chi connectivity index (χ0) is 21.8. The number of rotatable bonds is 3. The van der Waals surface area contributed by atoms with E-state index < -0.39 is 17.7 Å². The molecule has 0 aliphatic rings. The molecule has 0 fully saturated rings. The van der Waals surface area contributed by atoms with Crippen LogP contribution in [-0.4, -0.2) is 15.6 Å². The molecular formula is C22H22F3N2O2-. The Morgan fingerprint density at radius 2 is 1.69 bits per heavy atom. The van der Waals surface area contributed by atoms with Gasteiger partial charge in [-0.1, -0.05) is 47.5 Å². The average Bonchev–Trinajstić information content (AvgIpc) is 2.96. The van der Waals surface area contributed by atoms with Crippen LogP contribution in [0.25, 0.3) is 11.4 Å². The third-order valence-corrected chi connectivity index (χ3v) is 4.40. The van der Waals surface area contributed by atoms with Crippen LogP contribution in [0, 0.1) is 20.8 Å². The van der Waals surface area contributed by atoms with E-state index in [0.29, 0.717) is 12.2 Å². The van der Waals surface area contributed by atoms with E-state index in [1.54, 1.807) is 6.92 Å². The molecule has 1 heterocycles. The Hall–Kier alpha value is -3.06. The predicted octanol–water partition coefficient (Wildman–Crippen LogP) is 6.36. The molecule has 0 aliphatic heterocycles. The second kappa shape index (κ2) is 8.96. The highest BCUT2D eigenvalue weighted by Crippen LogP contribution is 2.35. The van der Waals surface area contributed by atoms with Gasteiger partial charge in [0, 0.05) is 11.4 Å². The van der Waals surface area contributed by atoms with Gasteiger partial charge < -0.3 is 15.4 Å². The molecule has 0 saturated heterocycles. The number of para-hydroxylation sites is 1. The maximum atomic E-state index is 13.0. The SMILES string of the molecule is Cc1cc(C(=O)O)c(C)n1-c1ccccc1C(F)(F)F.Cc1cccc(C[NH-])c1. The molecule has 0 bridgehead atoms. The quantitative estimate of drug-likeness (QED) is 0.553. The molecule has 0 saturated carbocycles. The second-order valence-corrected chi connectivity index (χ2v) is 6.61. The molecule has 29 heavy (non-hydrogen) atoms. The van der Waals surface area contributed by atoms with Crippen molar-refractivity contribution in [2.24, 2.45) is 0 Å². The van der Waals surface area contributed by atoms with E-state index in [2.05, 4.69) is 0 Å². The summed E-state index contributed by atoms with van der Waals surface area (Å²) in [4.78, 5) is 11.1. The minimum atomic E-state index is -4.50. The number of carboxylic acids is 1. The first-order chi connectivity index (χ1) is 13.6. The number of aromatic carboxylic acids is 1. The lowest BCUT2D eigenvalue weighted by atomic mass is 10.1. The molecule has 7 heteroatoms. The van der Waals surface area contributed by atoms with Gasteiger partial charge in [-0.2, -0.15) is 13.2 Å². The molecule has 154 valence electrons. The van der Waals surface area contributed by atoms with Crippen LogP contribution in [0.5, 0.6) is 0 Å². The van der Waals surface area contributed by atoms with Gasteiger partial charge in [-0.25, -0.2) is 4.79 Å². The molecule has 0 unspecified atom stereocenters. The molecule has 3 aromatic rings. The summed E-state index contributed by atoms with van der Waals surface area (Å²) in [5.74, 6) is -1.16. The van der Waals surface area contributed by atoms with E-state index in [1.807, 2.05) is 31.2 Å². The van der Waals surface area contributed by atoms with Gasteiger partial charge in [0.2, 0.25) is 0 Å². The Bertz CT molecular complexity index is 1010. The van der Waals surface area contributed by atoms with Crippen LogP contribution in [-0.2, 0) is 12.7 Å². The molecule has 0 amide bonds. The Morgan fingerprint density at radius 3 is 2.17 bits per heavy atom. The minimum absolute atomic E-state index is 0.000484. The fourth-order valence-electron chi connectivity index (χ4n) is 3.08. The minimum Gasteiger partial charge on any atom is -0.674 e. The molecule has 0 spiro atoms. The van der Waals surface area contributed by atoms with Gasteiger partial charge in [-0.15, -0.1) is 6.54 Å². The topological polar surface area (TPSA) is 66.0 Å². The largest absolute Gasteiger partial charge is 0.674 e. The Morgan fingerprint density at radius 1 is 1.03 bits per heavy atom. The normalized spacial score (nSPS) is 11.0. The van der Waals surface area contributed by atoms with E-state index in [9.17, 15) is 18.0 Å². The predicted molar refractivity (Wildman–Crippen MR) is 106 cm³/mol. The number of carboxylic acid groups (broad SMARTS) is 1. The number of halogens is 3. The van der Waals surface area contributed by atoms with E-state index in [1.165, 1.54) is 41.3 Å². The third-order valence-electron chi connectivity index (χ3n) is 4.40. The van der Waals surface area contributed by atoms with Gasteiger partial charge in [0.15, 0.2) is 0 Å². The van der Waals surface area contributed by atoms with Crippen molar-refractivity contribution >= 4 is 5.97 Å². The first-order valence-corrected chi connectivity index (χ1v) is 8.85. The highest BCUT2D eigenvalue weighted by atomic mass is 19.4. The van der Waals surface area contributed by atoms with Crippen molar-refractivity contribution in [2.45, 2.75) is 33.5 Å². The number of hydrogen-bond acceptors (Lipinski definition) is 1. The Balaban J connectivity index is 0.000000278. The maximum absolute atomic E-state index is 13.0. The van der Waals surface area contributed by atoms with Crippen molar-refractivity contribution in [1.82, 2.24) is 4.57 Å². The number of carbonyl (C=O) groups is 1. The van der Waals surface area contributed by atoms with Crippen LogP contribution in [0.15, 0.2) is 54.6 Å². The number of nitrogens with zero attached hydrogens (tertiary/aromatic N) is 1. The lowest BCUT2D eigenvalue weighted by Gasteiger charge is -2.16. The fraction of sp³-hybridized carbons (Fsp3) is 0.227. The van der Waals surface area contributed by atoms with Gasteiger partial charge in [-0.05, 0) is 39.0 Å². The summed E-state index contributed by atoms with van der Waals surface area (Å²) in [5, 5.41) is 9.04. The van der Waals surface area contributed by atoms with Crippen LogP contribution in [0.1, 0.15) is 38.4 Å². The highest BCUT2D eigenvalue weighted by molar-refractivity contribution is 5.89. The summed E-state index contributed by atoms with van der Waals surface area (Å²) in [6.45, 7) is 5.50. The zero-order valence-corrected chi connectivity index (χ0v) is 16.3. The van der Waals surface area contributed by atoms with Crippen molar-refractivity contribution in [1.29, 1.82) is 0 Å². The Labute approximate surface area is 167 Å². The van der Waals surface area contributed by atoms with E-state index in [-0.39, 0.29) is 16.9 Å². The van der Waals surface area contributed by atoms with Gasteiger partial charge in [0.05, 0.1) is 16.8 Å². The fourth-order valence-corrected chi connectivity index (χ4v) is 3.08. The first-order valence-electron chi connectivity index (χ1n) is 8.85. The van der Waals surface area contributed by atoms with Crippen LogP contribution >= 0.6 is 0 Å². The summed E-state index contributed by atoms with van der Waals surface area (Å²) < 4.78 is 40.4. The summed E-state index contributed by atoms with van der Waals surface area (Å²) in [6, 6.07) is 14.5. The molecule has 0 atom stereocenters. The van der Waals surface area contributed by atoms with Crippen LogP contribution < -0.4 is 0 Å². The second-order valence-electron chi connectivity index (χ2n) is 6.61. The van der Waals surface area contributed by atoms with Crippen LogP contribution in [0.2, 0.25) is 0 Å². The number of alkyl halides is 3. The monoisotopic (exact) mass is 403 g/mol. The zero-order valence-electron chi connectivity index (χ0n) is 16.3. The first kappa shape index (κ1) is 22.2. The summed E-state index contributed by atoms with van der Waals surface area (Å²) in [7, 11) is 0. The van der Waals surface area contributed by atoms with Crippen molar-refractivity contribution in [3.63, 3.8) is 0 Å². The third kappa shape index (κ3) is 5.26. The molecule has 3 rings (SSSR count). The number of benzene rings is 2. The molecule has 2 N–H and O–H groups in total. The van der Waals surface area contributed by atoms with Crippen molar-refractivity contribution < 1.29 is 23.1 Å².